The van der Waals surface area contributed by atoms with Crippen LogP contribution in [0.2, 0.25) is 0 Å². The molecule has 5 atom stereocenters. The molecule has 3 aromatic rings. The van der Waals surface area contributed by atoms with Gasteiger partial charge >= 0.3 is 22.3 Å². The van der Waals surface area contributed by atoms with E-state index in [4.69, 9.17) is 62.7 Å². The number of hydrogen-bond acceptors (Lipinski definition) is 12. The summed E-state index contributed by atoms with van der Waals surface area (Å²) in [6.45, 7) is -1.74. The van der Waals surface area contributed by atoms with Gasteiger partial charge < -0.3 is 28.8 Å². The molecule has 242 valence electrons. The molecule has 1 N–H and O–H groups in total. The largest absolute Gasteiger partial charge is 0.497 e. The van der Waals surface area contributed by atoms with E-state index in [0.29, 0.717) is 5.75 Å². The van der Waals surface area contributed by atoms with E-state index in [1.54, 1.807) is 48.5 Å². The van der Waals surface area contributed by atoms with Gasteiger partial charge in [0.25, 0.3) is 0 Å². The predicted octanol–water partition coefficient (Wildman–Crippen LogP) is 4.26. The summed E-state index contributed by atoms with van der Waals surface area (Å²) in [4.78, 5) is 26.3. The van der Waals surface area contributed by atoms with Crippen LogP contribution in [0.5, 0.6) is 11.5 Å². The Bertz CT molecular complexity index is 1520. The number of carbonyl (C=O) groups excluding carboxylic acids is 2. The topological polar surface area (TPSA) is 153 Å². The molecule has 16 heteroatoms. The normalized spacial score (nSPS) is 21.8. The minimum atomic E-state index is -4.77. The highest BCUT2D eigenvalue weighted by Crippen LogP contribution is 2.31. The highest BCUT2D eigenvalue weighted by molar-refractivity contribution is 7.81. The molecule has 0 radical (unpaired) electrons. The summed E-state index contributed by atoms with van der Waals surface area (Å²) in [5.41, 5.74) is 0.262. The summed E-state index contributed by atoms with van der Waals surface area (Å²) in [5, 5.41) is 11.3. The second-order valence-corrected chi connectivity index (χ2v) is 13.2. The summed E-state index contributed by atoms with van der Waals surface area (Å²) < 4.78 is 60.4. The minimum Gasteiger partial charge on any atom is -0.497 e. The van der Waals surface area contributed by atoms with E-state index in [0.717, 1.165) is 0 Å². The van der Waals surface area contributed by atoms with Crippen molar-refractivity contribution in [3.8, 4) is 11.5 Å². The van der Waals surface area contributed by atoms with Gasteiger partial charge in [-0.05, 0) is 48.5 Å². The fourth-order valence-corrected chi connectivity index (χ4v) is 5.07. The molecule has 1 heterocycles. The fraction of sp³-hybridized carbons (Fsp3) is 0.310. The van der Waals surface area contributed by atoms with Gasteiger partial charge in [0.05, 0.1) is 24.8 Å². The molecule has 1 aliphatic rings. The predicted molar refractivity (Wildman–Crippen MR) is 161 cm³/mol. The van der Waals surface area contributed by atoms with Crippen LogP contribution < -0.4 is 9.47 Å². The summed E-state index contributed by atoms with van der Waals surface area (Å²) >= 11 is 16.7. The van der Waals surface area contributed by atoms with E-state index in [1.807, 2.05) is 0 Å². The van der Waals surface area contributed by atoms with Gasteiger partial charge in [0, 0.05) is 0 Å². The summed E-state index contributed by atoms with van der Waals surface area (Å²) in [6, 6.07) is 21.9. The molecule has 4 rings (SSSR count). The van der Waals surface area contributed by atoms with Gasteiger partial charge in [0.2, 0.25) is 16.2 Å². The Kier molecular flexibility index (Phi) is 11.9. The zero-order chi connectivity index (χ0) is 32.6. The van der Waals surface area contributed by atoms with Gasteiger partial charge in [-0.1, -0.05) is 71.2 Å². The smallest absolute Gasteiger partial charge is 0.400 e. The first-order valence-corrected chi connectivity index (χ1v) is 15.6. The maximum absolute atomic E-state index is 13.2. The molecule has 0 aromatic heterocycles. The first kappa shape index (κ1) is 34.7. The highest BCUT2D eigenvalue weighted by atomic mass is 35.6. The maximum Gasteiger partial charge on any atom is 0.400 e. The SMILES string of the molecule is COc1ccc(O[C@@H]2O[C@H](COS(=O)(=O)OCC(Cl)(Cl)Cl)[C@@H](O)[C@H](OC(=O)c3ccccc3)[C@H]2OC(=O)c2ccccc2)cc1. The first-order valence-electron chi connectivity index (χ1n) is 13.1. The van der Waals surface area contributed by atoms with Crippen molar-refractivity contribution in [2.24, 2.45) is 0 Å². The molecule has 0 saturated carbocycles. The molecule has 45 heavy (non-hydrogen) atoms. The Labute approximate surface area is 273 Å². The summed E-state index contributed by atoms with van der Waals surface area (Å²) in [5.74, 6) is -1.03. The molecule has 0 amide bonds. The zero-order valence-electron chi connectivity index (χ0n) is 23.4. The van der Waals surface area contributed by atoms with Crippen LogP contribution in [0.1, 0.15) is 20.7 Å². The number of rotatable bonds is 12. The van der Waals surface area contributed by atoms with Crippen LogP contribution in [0.15, 0.2) is 84.9 Å². The summed E-state index contributed by atoms with van der Waals surface area (Å²) in [6.07, 6.45) is -8.15. The first-order chi connectivity index (χ1) is 21.3. The number of hydrogen-bond donors (Lipinski definition) is 1. The van der Waals surface area contributed by atoms with Crippen molar-refractivity contribution in [2.75, 3.05) is 20.3 Å². The third kappa shape index (κ3) is 10.2. The number of benzene rings is 3. The molecule has 0 unspecified atom stereocenters. The lowest BCUT2D eigenvalue weighted by Crippen LogP contribution is -2.62. The monoisotopic (exact) mass is 704 g/mol. The second kappa shape index (κ2) is 15.4. The molecule has 12 nitrogen and oxygen atoms in total. The Morgan fingerprint density at radius 3 is 1.82 bits per heavy atom. The Balaban J connectivity index is 1.66. The highest BCUT2D eigenvalue weighted by Gasteiger charge is 2.52. The molecular formula is C29H27Cl3O12S. The molecular weight excluding hydrogens is 679 g/mol. The van der Waals surface area contributed by atoms with Crippen LogP contribution in [0, 0.1) is 0 Å². The van der Waals surface area contributed by atoms with Crippen LogP contribution in [-0.2, 0) is 33.0 Å². The third-order valence-corrected chi connectivity index (χ3v) is 7.34. The maximum atomic E-state index is 13.2. The van der Waals surface area contributed by atoms with Crippen molar-refractivity contribution in [1.82, 2.24) is 0 Å². The van der Waals surface area contributed by atoms with Gasteiger partial charge in [0.15, 0.2) is 6.10 Å². The number of alkyl halides is 3. The number of esters is 2. The van der Waals surface area contributed by atoms with Gasteiger partial charge in [-0.25, -0.2) is 18.0 Å². The van der Waals surface area contributed by atoms with Gasteiger partial charge in [-0.15, -0.1) is 0 Å². The standard InChI is InChI=1S/C29H27Cl3O12S/c1-38-20-12-14-21(15-13-20)41-28-25(44-27(35)19-10-6-3-7-11-19)24(43-26(34)18-8-4-2-5-9-18)23(33)22(42-28)16-39-45(36,37)40-17-29(30,31)32/h2-15,22-25,28,33H,16-17H2,1H3/t22-,23-,24+,25-,28-/m1/s1. The molecule has 3 aromatic carbocycles. The average Bonchev–Trinajstić information content (AvgIpc) is 3.03. The lowest BCUT2D eigenvalue weighted by Gasteiger charge is -2.43. The lowest BCUT2D eigenvalue weighted by atomic mass is 9.98. The van der Waals surface area contributed by atoms with Crippen molar-refractivity contribution in [3.63, 3.8) is 0 Å². The van der Waals surface area contributed by atoms with Crippen molar-refractivity contribution in [2.45, 2.75) is 34.5 Å². The number of halogens is 3. The third-order valence-electron chi connectivity index (χ3n) is 6.18. The zero-order valence-corrected chi connectivity index (χ0v) is 26.4. The van der Waals surface area contributed by atoms with Crippen molar-refractivity contribution < 1.29 is 55.2 Å². The van der Waals surface area contributed by atoms with Gasteiger partial charge in [-0.2, -0.15) is 8.42 Å². The van der Waals surface area contributed by atoms with Gasteiger partial charge in [0.1, 0.15) is 30.3 Å². The number of aliphatic hydroxyl groups excluding tert-OH is 1. The van der Waals surface area contributed by atoms with E-state index in [-0.39, 0.29) is 16.9 Å². The molecule has 0 spiro atoms. The summed E-state index contributed by atoms with van der Waals surface area (Å²) in [7, 11) is -3.29. The lowest BCUT2D eigenvalue weighted by molar-refractivity contribution is -0.274. The Hall–Kier alpha value is -3.14. The van der Waals surface area contributed by atoms with Crippen LogP contribution in [0.3, 0.4) is 0 Å². The van der Waals surface area contributed by atoms with E-state index in [9.17, 15) is 23.1 Å². The number of carbonyl (C=O) groups is 2. The van der Waals surface area contributed by atoms with E-state index >= 15 is 0 Å². The Morgan fingerprint density at radius 2 is 1.31 bits per heavy atom. The van der Waals surface area contributed by atoms with E-state index in [1.165, 1.54) is 43.5 Å². The molecule has 1 saturated heterocycles. The fourth-order valence-electron chi connectivity index (χ4n) is 4.03. The Morgan fingerprint density at radius 1 is 0.800 bits per heavy atom. The van der Waals surface area contributed by atoms with Crippen LogP contribution >= 0.6 is 34.8 Å². The number of ether oxygens (including phenoxy) is 5. The van der Waals surface area contributed by atoms with E-state index in [2.05, 4.69) is 4.18 Å². The average molecular weight is 706 g/mol. The van der Waals surface area contributed by atoms with Crippen LogP contribution in [0.25, 0.3) is 0 Å². The van der Waals surface area contributed by atoms with Crippen LogP contribution in [0.4, 0.5) is 0 Å². The molecule has 1 aliphatic heterocycles. The second-order valence-electron chi connectivity index (χ2n) is 9.37. The minimum absolute atomic E-state index is 0.118. The quantitative estimate of drug-likeness (QED) is 0.212. The molecule has 0 bridgehead atoms. The van der Waals surface area contributed by atoms with Crippen molar-refractivity contribution >= 4 is 57.1 Å². The van der Waals surface area contributed by atoms with Crippen LogP contribution in [-0.4, -0.2) is 80.3 Å². The van der Waals surface area contributed by atoms with E-state index < -0.39 is 70.0 Å². The molecule has 0 aliphatic carbocycles. The number of methoxy groups -OCH3 is 1. The molecule has 1 fully saturated rings. The number of aliphatic hydroxyl groups is 1. The van der Waals surface area contributed by atoms with Gasteiger partial charge in [-0.3, -0.25) is 0 Å². The van der Waals surface area contributed by atoms with Crippen molar-refractivity contribution in [1.29, 1.82) is 0 Å². The van der Waals surface area contributed by atoms with Crippen molar-refractivity contribution in [3.05, 3.63) is 96.1 Å².